The summed E-state index contributed by atoms with van der Waals surface area (Å²) in [5.74, 6) is -0.406. The van der Waals surface area contributed by atoms with Crippen molar-refractivity contribution in [2.24, 2.45) is 7.05 Å². The maximum Gasteiger partial charge on any atom is 0.289 e. The molecule has 98 valence electrons. The highest BCUT2D eigenvalue weighted by atomic mass is 35.5. The minimum absolute atomic E-state index is 0.0172. The van der Waals surface area contributed by atoms with E-state index in [0.717, 1.165) is 0 Å². The molecule has 0 radical (unpaired) electrons. The second-order valence-corrected chi connectivity index (χ2v) is 4.12. The normalized spacial score (nSPS) is 10.2. The van der Waals surface area contributed by atoms with Gasteiger partial charge in [0.15, 0.2) is 0 Å². The zero-order valence-electron chi connectivity index (χ0n) is 9.83. The van der Waals surface area contributed by atoms with E-state index in [0.29, 0.717) is 11.4 Å². The second-order valence-electron chi connectivity index (χ2n) is 3.72. The van der Waals surface area contributed by atoms with Gasteiger partial charge in [-0.05, 0) is 18.2 Å². The largest absolute Gasteiger partial charge is 0.320 e. The fraction of sp³-hybridized carbons (Fsp3) is 0.0909. The molecule has 0 saturated carbocycles. The maximum absolute atomic E-state index is 11.9. The number of carbonyl (C=O) groups excluding carboxylic acids is 1. The molecular formula is C11H9ClN4O3. The molecular weight excluding hydrogens is 272 g/mol. The first kappa shape index (κ1) is 13.0. The van der Waals surface area contributed by atoms with E-state index in [2.05, 4.69) is 10.4 Å². The van der Waals surface area contributed by atoms with Crippen molar-refractivity contribution < 1.29 is 9.72 Å². The third kappa shape index (κ3) is 2.71. The van der Waals surface area contributed by atoms with Crippen LogP contribution in [0.1, 0.15) is 10.5 Å². The van der Waals surface area contributed by atoms with Gasteiger partial charge in [0.25, 0.3) is 11.6 Å². The number of carbonyl (C=O) groups is 1. The van der Waals surface area contributed by atoms with Crippen molar-refractivity contribution in [3.05, 3.63) is 51.3 Å². The highest BCUT2D eigenvalue weighted by Crippen LogP contribution is 2.27. The molecule has 1 aromatic carbocycles. The number of nitrogens with one attached hydrogen (secondary N) is 1. The number of nitro benzene ring substituents is 1. The summed E-state index contributed by atoms with van der Waals surface area (Å²) < 4.78 is 1.40. The highest BCUT2D eigenvalue weighted by Gasteiger charge is 2.15. The van der Waals surface area contributed by atoms with E-state index in [1.165, 1.54) is 29.1 Å². The molecule has 2 rings (SSSR count). The number of hydrogen-bond acceptors (Lipinski definition) is 4. The standard InChI is InChI=1S/C11H9ClN4O3/c1-15-9(4-5-13-15)11(17)14-7-2-3-8(12)10(6-7)16(18)19/h2-6H,1H3,(H,14,17). The molecule has 0 bridgehead atoms. The smallest absolute Gasteiger partial charge is 0.289 e. The van der Waals surface area contributed by atoms with Crippen molar-refractivity contribution in [1.29, 1.82) is 0 Å². The Morgan fingerprint density at radius 2 is 2.21 bits per heavy atom. The first-order chi connectivity index (χ1) is 8.99. The van der Waals surface area contributed by atoms with E-state index < -0.39 is 10.8 Å². The van der Waals surface area contributed by atoms with Crippen LogP contribution in [0.5, 0.6) is 0 Å². The van der Waals surface area contributed by atoms with Gasteiger partial charge in [-0.25, -0.2) is 0 Å². The Balaban J connectivity index is 2.25. The Bertz CT molecular complexity index is 653. The number of nitro groups is 1. The number of aryl methyl sites for hydroxylation is 1. The number of nitrogens with zero attached hydrogens (tertiary/aromatic N) is 3. The summed E-state index contributed by atoms with van der Waals surface area (Å²) in [6.45, 7) is 0. The summed E-state index contributed by atoms with van der Waals surface area (Å²) in [6.07, 6.45) is 1.49. The van der Waals surface area contributed by atoms with Crippen LogP contribution >= 0.6 is 11.6 Å². The first-order valence-corrected chi connectivity index (χ1v) is 5.60. The van der Waals surface area contributed by atoms with Gasteiger partial charge >= 0.3 is 0 Å². The summed E-state index contributed by atoms with van der Waals surface area (Å²) in [4.78, 5) is 22.0. The maximum atomic E-state index is 11.9. The molecule has 8 heteroatoms. The number of benzene rings is 1. The topological polar surface area (TPSA) is 90.1 Å². The predicted molar refractivity (Wildman–Crippen MR) is 69.3 cm³/mol. The van der Waals surface area contributed by atoms with Gasteiger partial charge in [-0.1, -0.05) is 11.6 Å². The van der Waals surface area contributed by atoms with Crippen LogP contribution in [0.15, 0.2) is 30.5 Å². The lowest BCUT2D eigenvalue weighted by atomic mass is 10.2. The molecule has 0 aliphatic rings. The molecule has 0 spiro atoms. The minimum atomic E-state index is -0.609. The van der Waals surface area contributed by atoms with E-state index in [1.807, 2.05) is 0 Å². The third-order valence-electron chi connectivity index (χ3n) is 2.45. The molecule has 0 fully saturated rings. The Morgan fingerprint density at radius 3 is 2.79 bits per heavy atom. The molecule has 0 aliphatic carbocycles. The number of amides is 1. The summed E-state index contributed by atoms with van der Waals surface area (Å²) >= 11 is 5.68. The molecule has 0 unspecified atom stereocenters. The number of rotatable bonds is 3. The van der Waals surface area contributed by atoms with Gasteiger partial charge in [0.1, 0.15) is 10.7 Å². The molecule has 1 heterocycles. The first-order valence-electron chi connectivity index (χ1n) is 5.22. The Labute approximate surface area is 112 Å². The number of anilines is 1. The summed E-state index contributed by atoms with van der Waals surface area (Å²) in [5.41, 5.74) is 0.379. The number of aromatic nitrogens is 2. The molecule has 7 nitrogen and oxygen atoms in total. The molecule has 1 amide bonds. The van der Waals surface area contributed by atoms with Crippen molar-refractivity contribution in [1.82, 2.24) is 9.78 Å². The lowest BCUT2D eigenvalue weighted by molar-refractivity contribution is -0.384. The summed E-state index contributed by atoms with van der Waals surface area (Å²) in [6, 6.07) is 5.60. The third-order valence-corrected chi connectivity index (χ3v) is 2.77. The van der Waals surface area contributed by atoms with Crippen LogP contribution in [0.3, 0.4) is 0 Å². The molecule has 0 atom stereocenters. The lowest BCUT2D eigenvalue weighted by Crippen LogP contribution is -2.16. The van der Waals surface area contributed by atoms with Gasteiger partial charge in [-0.3, -0.25) is 19.6 Å². The monoisotopic (exact) mass is 280 g/mol. The molecule has 2 aromatic rings. The Morgan fingerprint density at radius 1 is 1.47 bits per heavy atom. The van der Waals surface area contributed by atoms with Gasteiger partial charge in [-0.2, -0.15) is 5.10 Å². The Hall–Kier alpha value is -2.41. The zero-order chi connectivity index (χ0) is 14.0. The van der Waals surface area contributed by atoms with Crippen LogP contribution in [0.25, 0.3) is 0 Å². The van der Waals surface area contributed by atoms with Crippen molar-refractivity contribution in [3.63, 3.8) is 0 Å². The van der Waals surface area contributed by atoms with E-state index >= 15 is 0 Å². The Kier molecular flexibility index (Phi) is 3.48. The van der Waals surface area contributed by atoms with E-state index in [4.69, 9.17) is 11.6 Å². The molecule has 0 saturated heterocycles. The molecule has 1 aromatic heterocycles. The van der Waals surface area contributed by atoms with Crippen LogP contribution in [0.4, 0.5) is 11.4 Å². The van der Waals surface area contributed by atoms with Gasteiger partial charge in [0.2, 0.25) is 0 Å². The van der Waals surface area contributed by atoms with Gasteiger partial charge in [-0.15, -0.1) is 0 Å². The van der Waals surface area contributed by atoms with Crippen LogP contribution in [-0.4, -0.2) is 20.6 Å². The highest BCUT2D eigenvalue weighted by molar-refractivity contribution is 6.32. The molecule has 19 heavy (non-hydrogen) atoms. The fourth-order valence-electron chi connectivity index (χ4n) is 1.52. The molecule has 0 aliphatic heterocycles. The van der Waals surface area contributed by atoms with Crippen LogP contribution in [0.2, 0.25) is 5.02 Å². The average molecular weight is 281 g/mol. The van der Waals surface area contributed by atoms with Crippen molar-refractivity contribution in [3.8, 4) is 0 Å². The van der Waals surface area contributed by atoms with E-state index in [1.54, 1.807) is 13.1 Å². The predicted octanol–water partition coefficient (Wildman–Crippen LogP) is 2.23. The number of hydrogen-bond donors (Lipinski definition) is 1. The van der Waals surface area contributed by atoms with Gasteiger partial charge < -0.3 is 5.32 Å². The molecule has 1 N–H and O–H groups in total. The minimum Gasteiger partial charge on any atom is -0.320 e. The fourth-order valence-corrected chi connectivity index (χ4v) is 1.71. The van der Waals surface area contributed by atoms with E-state index in [-0.39, 0.29) is 10.7 Å². The van der Waals surface area contributed by atoms with Crippen molar-refractivity contribution >= 4 is 28.9 Å². The summed E-state index contributed by atoms with van der Waals surface area (Å²) in [7, 11) is 1.62. The lowest BCUT2D eigenvalue weighted by Gasteiger charge is -2.05. The number of halogens is 1. The van der Waals surface area contributed by atoms with E-state index in [9.17, 15) is 14.9 Å². The SMILES string of the molecule is Cn1nccc1C(=O)Nc1ccc(Cl)c([N+](=O)[O-])c1. The average Bonchev–Trinajstić information content (AvgIpc) is 2.77. The van der Waals surface area contributed by atoms with Crippen LogP contribution in [0, 0.1) is 10.1 Å². The summed E-state index contributed by atoms with van der Waals surface area (Å²) in [5, 5.41) is 17.2. The van der Waals surface area contributed by atoms with Crippen LogP contribution < -0.4 is 5.32 Å². The van der Waals surface area contributed by atoms with Gasteiger partial charge in [0.05, 0.1) is 4.92 Å². The van der Waals surface area contributed by atoms with Crippen LogP contribution in [-0.2, 0) is 7.05 Å². The van der Waals surface area contributed by atoms with Crippen molar-refractivity contribution in [2.75, 3.05) is 5.32 Å². The second kappa shape index (κ2) is 5.07. The van der Waals surface area contributed by atoms with Gasteiger partial charge in [0, 0.05) is 25.0 Å². The van der Waals surface area contributed by atoms with Crippen molar-refractivity contribution in [2.45, 2.75) is 0 Å². The quantitative estimate of drug-likeness (QED) is 0.689. The zero-order valence-corrected chi connectivity index (χ0v) is 10.6.